The van der Waals surface area contributed by atoms with Gasteiger partial charge in [0.1, 0.15) is 6.10 Å². The van der Waals surface area contributed by atoms with Crippen LogP contribution in [0.1, 0.15) is 6.42 Å². The van der Waals surface area contributed by atoms with E-state index in [1.807, 2.05) is 0 Å². The number of rotatable bonds is 0. The Morgan fingerprint density at radius 3 is 2.89 bits per heavy atom. The molecule has 4 N–H and O–H groups in total. The second-order valence-electron chi connectivity index (χ2n) is 2.19. The number of hydrogen-bond donors (Lipinski definition) is 3. The van der Waals surface area contributed by atoms with E-state index in [2.05, 4.69) is 5.32 Å². The standard InChI is InChI=1S/C5H10N2O2/c6-3-1-2-7-5(9)4(3)8/h3-4,8H,1-2,6H2,(H,7,9)/t3-,4-/m1/s1. The zero-order chi connectivity index (χ0) is 6.85. The minimum Gasteiger partial charge on any atom is -0.382 e. The van der Waals surface area contributed by atoms with E-state index in [-0.39, 0.29) is 11.9 Å². The van der Waals surface area contributed by atoms with Crippen LogP contribution in [0.5, 0.6) is 0 Å². The highest BCUT2D eigenvalue weighted by atomic mass is 16.3. The summed E-state index contributed by atoms with van der Waals surface area (Å²) in [6.07, 6.45) is -0.342. The lowest BCUT2D eigenvalue weighted by molar-refractivity contribution is -0.132. The summed E-state index contributed by atoms with van der Waals surface area (Å²) in [5.74, 6) is -0.353. The fourth-order valence-corrected chi connectivity index (χ4v) is 0.819. The lowest BCUT2D eigenvalue weighted by Crippen LogP contribution is -2.52. The van der Waals surface area contributed by atoms with Gasteiger partial charge in [0.25, 0.3) is 0 Å². The van der Waals surface area contributed by atoms with E-state index in [9.17, 15) is 4.79 Å². The molecule has 52 valence electrons. The third-order valence-electron chi connectivity index (χ3n) is 1.45. The van der Waals surface area contributed by atoms with Gasteiger partial charge < -0.3 is 16.2 Å². The molecule has 9 heavy (non-hydrogen) atoms. The van der Waals surface area contributed by atoms with Crippen LogP contribution < -0.4 is 11.1 Å². The van der Waals surface area contributed by atoms with Crippen LogP contribution in [0.3, 0.4) is 0 Å². The molecule has 0 aromatic heterocycles. The van der Waals surface area contributed by atoms with Crippen molar-refractivity contribution in [3.8, 4) is 0 Å². The van der Waals surface area contributed by atoms with Crippen LogP contribution in [-0.2, 0) is 4.79 Å². The van der Waals surface area contributed by atoms with Gasteiger partial charge in [-0.15, -0.1) is 0 Å². The lowest BCUT2D eigenvalue weighted by Gasteiger charge is -2.23. The first kappa shape index (κ1) is 6.51. The fraction of sp³-hybridized carbons (Fsp3) is 0.800. The minimum absolute atomic E-state index is 0.353. The number of amides is 1. The van der Waals surface area contributed by atoms with Crippen LogP contribution in [0.2, 0.25) is 0 Å². The number of aliphatic hydroxyl groups excluding tert-OH is 1. The fourth-order valence-electron chi connectivity index (χ4n) is 0.819. The van der Waals surface area contributed by atoms with Gasteiger partial charge in [0.2, 0.25) is 5.91 Å². The van der Waals surface area contributed by atoms with Crippen molar-refractivity contribution >= 4 is 5.91 Å². The molecule has 0 aliphatic carbocycles. The number of carbonyl (C=O) groups excluding carboxylic acids is 1. The Hall–Kier alpha value is -0.610. The van der Waals surface area contributed by atoms with Crippen molar-refractivity contribution in [1.82, 2.24) is 5.32 Å². The molecule has 0 unspecified atom stereocenters. The summed E-state index contributed by atoms with van der Waals surface area (Å²) in [5.41, 5.74) is 5.36. The Balaban J connectivity index is 2.51. The second kappa shape index (κ2) is 2.33. The highest BCUT2D eigenvalue weighted by Crippen LogP contribution is 2.00. The SMILES string of the molecule is N[C@@H]1CCNC(=O)[C@@H]1O. The Morgan fingerprint density at radius 2 is 2.44 bits per heavy atom. The monoisotopic (exact) mass is 130 g/mol. The molecule has 2 atom stereocenters. The van der Waals surface area contributed by atoms with Crippen molar-refractivity contribution in [1.29, 1.82) is 0 Å². The van der Waals surface area contributed by atoms with Gasteiger partial charge in [-0.05, 0) is 6.42 Å². The lowest BCUT2D eigenvalue weighted by atomic mass is 10.0. The molecule has 0 aromatic rings. The summed E-state index contributed by atoms with van der Waals surface area (Å²) in [6.45, 7) is 0.580. The Kier molecular flexibility index (Phi) is 1.68. The normalized spacial score (nSPS) is 36.0. The van der Waals surface area contributed by atoms with Gasteiger partial charge in [-0.2, -0.15) is 0 Å². The first-order valence-electron chi connectivity index (χ1n) is 2.93. The first-order valence-corrected chi connectivity index (χ1v) is 2.93. The number of hydrogen-bond acceptors (Lipinski definition) is 3. The van der Waals surface area contributed by atoms with E-state index in [1.54, 1.807) is 0 Å². The van der Waals surface area contributed by atoms with Crippen molar-refractivity contribution in [3.05, 3.63) is 0 Å². The minimum atomic E-state index is -1.00. The average molecular weight is 130 g/mol. The third-order valence-corrected chi connectivity index (χ3v) is 1.45. The van der Waals surface area contributed by atoms with Crippen LogP contribution in [0.4, 0.5) is 0 Å². The maximum atomic E-state index is 10.6. The topological polar surface area (TPSA) is 75.3 Å². The van der Waals surface area contributed by atoms with E-state index in [0.29, 0.717) is 13.0 Å². The quantitative estimate of drug-likeness (QED) is 0.362. The van der Waals surface area contributed by atoms with Gasteiger partial charge in [0.05, 0.1) is 0 Å². The van der Waals surface area contributed by atoms with Crippen LogP contribution in [0.15, 0.2) is 0 Å². The first-order chi connectivity index (χ1) is 4.22. The molecule has 1 fully saturated rings. The molecule has 1 aliphatic heterocycles. The third kappa shape index (κ3) is 1.20. The predicted octanol–water partition coefficient (Wildman–Crippen LogP) is -1.81. The van der Waals surface area contributed by atoms with Gasteiger partial charge in [-0.3, -0.25) is 4.79 Å². The second-order valence-corrected chi connectivity index (χ2v) is 2.19. The Bertz CT molecular complexity index is 126. The molecule has 0 radical (unpaired) electrons. The molecule has 4 heteroatoms. The van der Waals surface area contributed by atoms with Crippen LogP contribution in [-0.4, -0.2) is 29.7 Å². The molecular weight excluding hydrogens is 120 g/mol. The number of nitrogens with one attached hydrogen (secondary N) is 1. The molecule has 0 bridgehead atoms. The Morgan fingerprint density at radius 1 is 1.78 bits per heavy atom. The molecule has 1 heterocycles. The van der Waals surface area contributed by atoms with Crippen molar-refractivity contribution < 1.29 is 9.90 Å². The van der Waals surface area contributed by atoms with Crippen LogP contribution in [0.25, 0.3) is 0 Å². The van der Waals surface area contributed by atoms with Gasteiger partial charge in [-0.25, -0.2) is 0 Å². The van der Waals surface area contributed by atoms with E-state index < -0.39 is 6.10 Å². The molecule has 1 amide bonds. The molecule has 4 nitrogen and oxygen atoms in total. The number of carbonyl (C=O) groups is 1. The predicted molar refractivity (Wildman–Crippen MR) is 31.6 cm³/mol. The maximum absolute atomic E-state index is 10.6. The van der Waals surface area contributed by atoms with Crippen molar-refractivity contribution in [3.63, 3.8) is 0 Å². The van der Waals surface area contributed by atoms with E-state index in [1.165, 1.54) is 0 Å². The zero-order valence-corrected chi connectivity index (χ0v) is 5.00. The number of nitrogens with two attached hydrogens (primary N) is 1. The summed E-state index contributed by atoms with van der Waals surface area (Å²) in [5, 5.41) is 11.4. The molecule has 0 saturated carbocycles. The van der Waals surface area contributed by atoms with Gasteiger partial charge in [-0.1, -0.05) is 0 Å². The largest absolute Gasteiger partial charge is 0.382 e. The van der Waals surface area contributed by atoms with E-state index >= 15 is 0 Å². The molecule has 1 saturated heterocycles. The van der Waals surface area contributed by atoms with E-state index in [0.717, 1.165) is 0 Å². The van der Waals surface area contributed by atoms with Crippen LogP contribution in [0, 0.1) is 0 Å². The summed E-state index contributed by atoms with van der Waals surface area (Å²) >= 11 is 0. The average Bonchev–Trinajstić information content (AvgIpc) is 1.83. The maximum Gasteiger partial charge on any atom is 0.250 e. The van der Waals surface area contributed by atoms with Crippen LogP contribution >= 0.6 is 0 Å². The summed E-state index contributed by atoms with van der Waals surface area (Å²) in [4.78, 5) is 10.6. The zero-order valence-electron chi connectivity index (χ0n) is 5.00. The van der Waals surface area contributed by atoms with Crippen molar-refractivity contribution in [2.24, 2.45) is 5.73 Å². The number of aliphatic hydroxyl groups is 1. The highest BCUT2D eigenvalue weighted by molar-refractivity contribution is 5.82. The summed E-state index contributed by atoms with van der Waals surface area (Å²) in [6, 6.07) is -0.376. The molecule has 1 rings (SSSR count). The number of piperidine rings is 1. The molecule has 0 aromatic carbocycles. The van der Waals surface area contributed by atoms with E-state index in [4.69, 9.17) is 10.8 Å². The summed E-state index contributed by atoms with van der Waals surface area (Å²) in [7, 11) is 0. The Labute approximate surface area is 53.0 Å². The summed E-state index contributed by atoms with van der Waals surface area (Å²) < 4.78 is 0. The molecular formula is C5H10N2O2. The molecule has 1 aliphatic rings. The van der Waals surface area contributed by atoms with Crippen molar-refractivity contribution in [2.45, 2.75) is 18.6 Å². The van der Waals surface area contributed by atoms with Gasteiger partial charge in [0, 0.05) is 12.6 Å². The van der Waals surface area contributed by atoms with Gasteiger partial charge in [0.15, 0.2) is 0 Å². The molecule has 0 spiro atoms. The van der Waals surface area contributed by atoms with Gasteiger partial charge >= 0.3 is 0 Å². The smallest absolute Gasteiger partial charge is 0.250 e. The van der Waals surface area contributed by atoms with Crippen molar-refractivity contribution in [2.75, 3.05) is 6.54 Å². The highest BCUT2D eigenvalue weighted by Gasteiger charge is 2.26.